The van der Waals surface area contributed by atoms with Gasteiger partial charge in [-0.3, -0.25) is 0 Å². The van der Waals surface area contributed by atoms with Crippen molar-refractivity contribution in [3.63, 3.8) is 0 Å². The van der Waals surface area contributed by atoms with Crippen molar-refractivity contribution in [2.45, 2.75) is 32.6 Å². The highest BCUT2D eigenvalue weighted by Crippen LogP contribution is 2.46. The van der Waals surface area contributed by atoms with Crippen molar-refractivity contribution in [1.29, 1.82) is 0 Å². The van der Waals surface area contributed by atoms with Crippen molar-refractivity contribution >= 4 is 5.69 Å². The molecule has 0 fully saturated rings. The van der Waals surface area contributed by atoms with E-state index in [1.54, 1.807) is 5.57 Å². The SMILES string of the molecule is CC1=CCCC12CCNc1ccccc1C2. The van der Waals surface area contributed by atoms with Crippen LogP contribution in [0.15, 0.2) is 35.9 Å². The van der Waals surface area contributed by atoms with Crippen molar-refractivity contribution < 1.29 is 0 Å². The van der Waals surface area contributed by atoms with Crippen molar-refractivity contribution in [1.82, 2.24) is 0 Å². The van der Waals surface area contributed by atoms with Crippen LogP contribution in [0.4, 0.5) is 5.69 Å². The topological polar surface area (TPSA) is 12.0 Å². The lowest BCUT2D eigenvalue weighted by Crippen LogP contribution is -2.23. The van der Waals surface area contributed by atoms with Gasteiger partial charge in [0.15, 0.2) is 0 Å². The van der Waals surface area contributed by atoms with Gasteiger partial charge in [-0.25, -0.2) is 0 Å². The van der Waals surface area contributed by atoms with Crippen molar-refractivity contribution in [2.24, 2.45) is 5.41 Å². The van der Waals surface area contributed by atoms with Crippen LogP contribution in [0.1, 0.15) is 31.7 Å². The summed E-state index contributed by atoms with van der Waals surface area (Å²) < 4.78 is 0. The maximum Gasteiger partial charge on any atom is 0.0373 e. The van der Waals surface area contributed by atoms with Gasteiger partial charge in [-0.05, 0) is 49.7 Å². The van der Waals surface area contributed by atoms with Gasteiger partial charge < -0.3 is 5.32 Å². The van der Waals surface area contributed by atoms with Crippen LogP contribution in [0.25, 0.3) is 0 Å². The van der Waals surface area contributed by atoms with Crippen LogP contribution in [-0.2, 0) is 6.42 Å². The van der Waals surface area contributed by atoms with Crippen LogP contribution in [0.5, 0.6) is 0 Å². The fourth-order valence-corrected chi connectivity index (χ4v) is 3.26. The van der Waals surface area contributed by atoms with Crippen molar-refractivity contribution in [3.05, 3.63) is 41.5 Å². The summed E-state index contributed by atoms with van der Waals surface area (Å²) in [5, 5.41) is 3.57. The Labute approximate surface area is 97.6 Å². The number of hydrogen-bond acceptors (Lipinski definition) is 1. The molecular weight excluding hydrogens is 194 g/mol. The quantitative estimate of drug-likeness (QED) is 0.647. The zero-order valence-electron chi connectivity index (χ0n) is 9.92. The zero-order valence-corrected chi connectivity index (χ0v) is 9.92. The molecule has 1 aromatic carbocycles. The third-order valence-corrected chi connectivity index (χ3v) is 4.38. The number of fused-ring (bicyclic) bond motifs is 1. The normalized spacial score (nSPS) is 28.2. The fraction of sp³-hybridized carbons (Fsp3) is 0.467. The van der Waals surface area contributed by atoms with Gasteiger partial charge in [0.2, 0.25) is 0 Å². The molecule has 0 saturated carbocycles. The predicted molar refractivity (Wildman–Crippen MR) is 68.7 cm³/mol. The number of para-hydroxylation sites is 1. The largest absolute Gasteiger partial charge is 0.385 e. The second-order valence-corrected chi connectivity index (χ2v) is 5.22. The van der Waals surface area contributed by atoms with Crippen LogP contribution in [0.3, 0.4) is 0 Å². The molecule has 0 radical (unpaired) electrons. The molecule has 1 unspecified atom stereocenters. The molecule has 1 aromatic rings. The molecule has 0 amide bonds. The summed E-state index contributed by atoms with van der Waals surface area (Å²) in [4.78, 5) is 0. The Morgan fingerprint density at radius 3 is 2.88 bits per heavy atom. The molecular formula is C15H19N. The van der Waals surface area contributed by atoms with Crippen LogP contribution < -0.4 is 5.32 Å². The lowest BCUT2D eigenvalue weighted by atomic mass is 9.74. The van der Waals surface area contributed by atoms with E-state index in [1.807, 2.05) is 0 Å². The van der Waals surface area contributed by atoms with Gasteiger partial charge >= 0.3 is 0 Å². The second-order valence-electron chi connectivity index (χ2n) is 5.22. The van der Waals surface area contributed by atoms with Crippen LogP contribution in [0, 0.1) is 5.41 Å². The van der Waals surface area contributed by atoms with Gasteiger partial charge in [-0.1, -0.05) is 29.8 Å². The van der Waals surface area contributed by atoms with E-state index in [4.69, 9.17) is 0 Å². The molecule has 1 nitrogen and oxygen atoms in total. The van der Waals surface area contributed by atoms with Crippen molar-refractivity contribution in [3.8, 4) is 0 Å². The van der Waals surface area contributed by atoms with Gasteiger partial charge in [0, 0.05) is 12.2 Å². The van der Waals surface area contributed by atoms with Gasteiger partial charge in [-0.15, -0.1) is 0 Å². The van der Waals surface area contributed by atoms with E-state index in [9.17, 15) is 0 Å². The lowest BCUT2D eigenvalue weighted by Gasteiger charge is -2.29. The van der Waals surface area contributed by atoms with Crippen LogP contribution in [-0.4, -0.2) is 6.54 Å². The average Bonchev–Trinajstić information content (AvgIpc) is 2.54. The van der Waals surface area contributed by atoms with E-state index in [2.05, 4.69) is 42.6 Å². The Kier molecular flexibility index (Phi) is 2.27. The fourth-order valence-electron chi connectivity index (χ4n) is 3.26. The highest BCUT2D eigenvalue weighted by atomic mass is 14.9. The van der Waals surface area contributed by atoms with E-state index in [0.717, 1.165) is 6.54 Å². The van der Waals surface area contributed by atoms with Crippen molar-refractivity contribution in [2.75, 3.05) is 11.9 Å². The Hall–Kier alpha value is -1.24. The molecule has 1 aliphatic carbocycles. The summed E-state index contributed by atoms with van der Waals surface area (Å²) >= 11 is 0. The monoisotopic (exact) mass is 213 g/mol. The average molecular weight is 213 g/mol. The molecule has 1 heteroatoms. The first-order valence-electron chi connectivity index (χ1n) is 6.29. The van der Waals surface area contributed by atoms with Gasteiger partial charge in [0.05, 0.1) is 0 Å². The molecule has 16 heavy (non-hydrogen) atoms. The Morgan fingerprint density at radius 2 is 2.06 bits per heavy atom. The highest BCUT2D eigenvalue weighted by Gasteiger charge is 2.36. The standard InChI is InChI=1S/C15H19N/c1-12-5-4-8-15(12)9-10-16-14-7-3-2-6-13(14)11-15/h2-3,5-7,16H,4,8-11H2,1H3. The lowest BCUT2D eigenvalue weighted by molar-refractivity contribution is 0.334. The van der Waals surface area contributed by atoms with Crippen LogP contribution in [0.2, 0.25) is 0 Å². The second kappa shape index (κ2) is 3.65. The highest BCUT2D eigenvalue weighted by molar-refractivity contribution is 5.53. The number of benzene rings is 1. The minimum absolute atomic E-state index is 0.458. The summed E-state index contributed by atoms with van der Waals surface area (Å²) in [5.41, 5.74) is 4.92. The molecule has 1 atom stereocenters. The number of rotatable bonds is 0. The minimum Gasteiger partial charge on any atom is -0.385 e. The summed E-state index contributed by atoms with van der Waals surface area (Å²) in [5.74, 6) is 0. The van der Waals surface area contributed by atoms with E-state index >= 15 is 0 Å². The van der Waals surface area contributed by atoms with E-state index in [-0.39, 0.29) is 0 Å². The first kappa shape index (κ1) is 9.95. The molecule has 1 aliphatic heterocycles. The maximum atomic E-state index is 3.57. The third-order valence-electron chi connectivity index (χ3n) is 4.38. The molecule has 0 saturated heterocycles. The number of hydrogen-bond donors (Lipinski definition) is 1. The molecule has 1 spiro atoms. The summed E-state index contributed by atoms with van der Waals surface area (Å²) in [6, 6.07) is 8.78. The first-order chi connectivity index (χ1) is 7.80. The van der Waals surface area contributed by atoms with Gasteiger partial charge in [0.25, 0.3) is 0 Å². The first-order valence-corrected chi connectivity index (χ1v) is 6.29. The molecule has 1 heterocycles. The predicted octanol–water partition coefficient (Wildman–Crippen LogP) is 3.77. The Balaban J connectivity index is 2.00. The molecule has 0 bridgehead atoms. The maximum absolute atomic E-state index is 3.57. The summed E-state index contributed by atoms with van der Waals surface area (Å²) in [7, 11) is 0. The van der Waals surface area contributed by atoms with Crippen LogP contribution >= 0.6 is 0 Å². The summed E-state index contributed by atoms with van der Waals surface area (Å²) in [6.45, 7) is 3.43. The Bertz CT molecular complexity index is 433. The molecule has 1 N–H and O–H groups in total. The molecule has 2 aliphatic rings. The number of anilines is 1. The molecule has 3 rings (SSSR count). The Morgan fingerprint density at radius 1 is 1.19 bits per heavy atom. The van der Waals surface area contributed by atoms with Gasteiger partial charge in [-0.2, -0.15) is 0 Å². The molecule has 84 valence electrons. The third kappa shape index (κ3) is 1.46. The van der Waals surface area contributed by atoms with E-state index < -0.39 is 0 Å². The summed E-state index contributed by atoms with van der Waals surface area (Å²) in [6.07, 6.45) is 7.55. The molecule has 0 aromatic heterocycles. The number of nitrogens with one attached hydrogen (secondary N) is 1. The number of allylic oxidation sites excluding steroid dienone is 2. The zero-order chi connectivity index (χ0) is 11.0. The smallest absolute Gasteiger partial charge is 0.0373 e. The van der Waals surface area contributed by atoms with Gasteiger partial charge in [0.1, 0.15) is 0 Å². The minimum atomic E-state index is 0.458. The van der Waals surface area contributed by atoms with E-state index in [1.165, 1.54) is 36.9 Å². The van der Waals surface area contributed by atoms with E-state index in [0.29, 0.717) is 5.41 Å².